The van der Waals surface area contributed by atoms with E-state index < -0.39 is 36.2 Å². The minimum Gasteiger partial charge on any atom is -0.497 e. The molecular formula is C79H106Cl2N4O16S. The number of pyridine rings is 1. The molecule has 2 unspecified atom stereocenters. The number of ether oxygens (including phenoxy) is 7. The smallest absolute Gasteiger partial charge is 0.316 e. The van der Waals surface area contributed by atoms with Gasteiger partial charge in [-0.1, -0.05) is 118 Å². The van der Waals surface area contributed by atoms with Crippen LogP contribution in [0.3, 0.4) is 0 Å². The number of Topliss-reactive ketones (excluding diaryl/α,β-unsaturated/α-hetero) is 1. The van der Waals surface area contributed by atoms with Gasteiger partial charge < -0.3 is 68.3 Å². The van der Waals surface area contributed by atoms with E-state index >= 15 is 0 Å². The molecule has 2 bridgehead atoms. The lowest BCUT2D eigenvalue weighted by molar-refractivity contribution is -0.155. The molecule has 0 spiro atoms. The van der Waals surface area contributed by atoms with Crippen LogP contribution in [0.1, 0.15) is 144 Å². The van der Waals surface area contributed by atoms with E-state index in [4.69, 9.17) is 38.3 Å². The third-order valence-electron chi connectivity index (χ3n) is 18.9. The van der Waals surface area contributed by atoms with E-state index in [2.05, 4.69) is 23.9 Å². The molecule has 3 aliphatic heterocycles. The molecule has 1 aliphatic carbocycles. The zero-order chi connectivity index (χ0) is 72.3. The summed E-state index contributed by atoms with van der Waals surface area (Å²) in [5.74, 6) is 0.974. The predicted molar refractivity (Wildman–Crippen MR) is 403 cm³/mol. The summed E-state index contributed by atoms with van der Waals surface area (Å²) in [4.78, 5) is 72.1. The van der Waals surface area contributed by atoms with E-state index in [0.717, 1.165) is 114 Å². The highest BCUT2D eigenvalue weighted by Gasteiger charge is 2.43. The number of ketones is 1. The van der Waals surface area contributed by atoms with Crippen LogP contribution in [0.15, 0.2) is 139 Å². The number of rotatable bonds is 29. The third-order valence-corrected chi connectivity index (χ3v) is 20.3. The van der Waals surface area contributed by atoms with Crippen molar-refractivity contribution in [3.63, 3.8) is 0 Å². The van der Waals surface area contributed by atoms with Crippen molar-refractivity contribution in [2.75, 3.05) is 81.3 Å². The number of nitrogens with zero attached hydrogens (tertiary/aromatic N) is 4. The van der Waals surface area contributed by atoms with Crippen molar-refractivity contribution >= 4 is 82.6 Å². The predicted octanol–water partition coefficient (Wildman–Crippen LogP) is 13.5. The number of carboxylic acid groups (broad SMARTS) is 1. The number of methoxy groups -OCH3 is 5. The molecule has 3 fully saturated rings. The highest BCUT2D eigenvalue weighted by molar-refractivity contribution is 7.99. The number of para-hydroxylation sites is 1. The fraction of sp³-hybridized carbons (Fsp3) is 0.494. The number of amides is 1. The monoisotopic (exact) mass is 1470 g/mol. The number of anilines is 1. The lowest BCUT2D eigenvalue weighted by Crippen LogP contribution is -2.45. The number of carbonyl (C=O) groups is 5. The number of likely N-dealkylation sites (N-methyl/N-ethyl adjacent to an activating group) is 1. The van der Waals surface area contributed by atoms with Gasteiger partial charge in [-0.2, -0.15) is 0 Å². The number of aliphatic hydroxyl groups excluding tert-OH is 3. The van der Waals surface area contributed by atoms with Gasteiger partial charge in [-0.15, -0.1) is 36.6 Å². The molecule has 4 N–H and O–H groups in total. The van der Waals surface area contributed by atoms with Gasteiger partial charge >= 0.3 is 17.9 Å². The molecule has 4 heterocycles. The Morgan fingerprint density at radius 1 is 0.755 bits per heavy atom. The summed E-state index contributed by atoms with van der Waals surface area (Å²) in [5, 5.41) is 40.0. The second-order valence-corrected chi connectivity index (χ2v) is 27.3. The summed E-state index contributed by atoms with van der Waals surface area (Å²) in [5.41, 5.74) is 4.62. The Morgan fingerprint density at radius 3 is 2.03 bits per heavy atom. The van der Waals surface area contributed by atoms with Crippen LogP contribution in [0.5, 0.6) is 28.7 Å². The quantitative estimate of drug-likeness (QED) is 0.0193. The van der Waals surface area contributed by atoms with E-state index in [1.165, 1.54) is 19.8 Å². The molecular weight excluding hydrogens is 1360 g/mol. The topological polar surface area (TPSA) is 253 Å². The number of aromatic nitrogens is 1. The Bertz CT molecular complexity index is 3590. The fourth-order valence-corrected chi connectivity index (χ4v) is 14.7. The summed E-state index contributed by atoms with van der Waals surface area (Å²) in [6.07, 6.45) is 16.6. The number of aliphatic carboxylic acids is 1. The molecule has 4 aliphatic rings. The first-order chi connectivity index (χ1) is 48.2. The second kappa shape index (κ2) is 43.6. The fourth-order valence-electron chi connectivity index (χ4n) is 13.4. The first-order valence-electron chi connectivity index (χ1n) is 34.8. The van der Waals surface area contributed by atoms with Crippen LogP contribution in [0.2, 0.25) is 0 Å². The maximum absolute atomic E-state index is 13.6. The molecule has 102 heavy (non-hydrogen) atoms. The first kappa shape index (κ1) is 85.2. The average molecular weight is 1470 g/mol. The van der Waals surface area contributed by atoms with Gasteiger partial charge in [0, 0.05) is 79.7 Å². The van der Waals surface area contributed by atoms with Gasteiger partial charge in [-0.05, 0) is 143 Å². The third kappa shape index (κ3) is 24.6. The minimum absolute atomic E-state index is 0. The number of halogens is 2. The molecule has 2 saturated heterocycles. The van der Waals surface area contributed by atoms with Crippen LogP contribution in [0.25, 0.3) is 10.8 Å². The number of esters is 2. The number of fused-ring (bicyclic) bond motifs is 4. The maximum Gasteiger partial charge on any atom is 0.316 e. The van der Waals surface area contributed by atoms with Crippen LogP contribution in [-0.4, -0.2) is 178 Å². The molecule has 1 amide bonds. The molecule has 1 saturated carbocycles. The number of hydrogen-bond acceptors (Lipinski definition) is 19. The lowest BCUT2D eigenvalue weighted by atomic mass is 9.88. The summed E-state index contributed by atoms with van der Waals surface area (Å²) in [6, 6.07) is 37.6. The largest absolute Gasteiger partial charge is 0.497 e. The van der Waals surface area contributed by atoms with Crippen molar-refractivity contribution in [1.82, 2.24) is 14.8 Å². The van der Waals surface area contributed by atoms with Crippen LogP contribution in [-0.2, 0) is 39.9 Å². The number of benzene rings is 5. The zero-order valence-corrected chi connectivity index (χ0v) is 63.1. The summed E-state index contributed by atoms with van der Waals surface area (Å²) < 4.78 is 38.0. The van der Waals surface area contributed by atoms with Gasteiger partial charge in [-0.3, -0.25) is 29.0 Å². The lowest BCUT2D eigenvalue weighted by Gasteiger charge is -2.36. The van der Waals surface area contributed by atoms with Gasteiger partial charge in [0.05, 0.1) is 71.0 Å². The maximum atomic E-state index is 13.6. The van der Waals surface area contributed by atoms with Crippen LogP contribution in [0, 0.1) is 11.8 Å². The molecule has 0 radical (unpaired) electrons. The number of carboxylic acids is 1. The number of aliphatic hydroxyl groups is 3. The first-order valence-corrected chi connectivity index (χ1v) is 35.7. The van der Waals surface area contributed by atoms with Gasteiger partial charge in [0.2, 0.25) is 0 Å². The van der Waals surface area contributed by atoms with Gasteiger partial charge in [0.15, 0.2) is 29.1 Å². The van der Waals surface area contributed by atoms with Crippen LogP contribution in [0.4, 0.5) is 5.69 Å². The van der Waals surface area contributed by atoms with E-state index in [0.29, 0.717) is 61.0 Å². The number of hydrogen-bond donors (Lipinski definition) is 4. The number of piperidine rings is 1. The van der Waals surface area contributed by atoms with E-state index in [9.17, 15) is 39.3 Å². The van der Waals surface area contributed by atoms with E-state index in [1.54, 1.807) is 58.3 Å². The van der Waals surface area contributed by atoms with Gasteiger partial charge in [-0.25, -0.2) is 0 Å². The molecule has 10 rings (SSSR count). The Labute approximate surface area is 618 Å². The van der Waals surface area contributed by atoms with E-state index in [-0.39, 0.29) is 85.1 Å². The van der Waals surface area contributed by atoms with Gasteiger partial charge in [0.1, 0.15) is 23.6 Å². The number of unbranched alkanes of at least 4 members (excludes halogenated alkanes) is 5. The Kier molecular flexibility index (Phi) is 36.4. The Balaban J connectivity index is 0.000000244. The second-order valence-electron chi connectivity index (χ2n) is 26.1. The van der Waals surface area contributed by atoms with Crippen molar-refractivity contribution in [3.8, 4) is 28.7 Å². The molecule has 1 aromatic heterocycles. The molecule has 558 valence electrons. The molecule has 23 heteroatoms. The number of carbonyl (C=O) groups excluding carboxylic acids is 4. The zero-order valence-electron chi connectivity index (χ0n) is 60.6. The molecule has 5 aromatic carbocycles. The van der Waals surface area contributed by atoms with Crippen molar-refractivity contribution < 1.29 is 77.6 Å². The van der Waals surface area contributed by atoms with Crippen molar-refractivity contribution in [1.29, 1.82) is 0 Å². The highest BCUT2D eigenvalue weighted by atomic mass is 35.5. The summed E-state index contributed by atoms with van der Waals surface area (Å²) >= 11 is 1.54. The van der Waals surface area contributed by atoms with Crippen molar-refractivity contribution in [2.24, 2.45) is 11.8 Å². The number of thioether (sulfide) groups is 1. The van der Waals surface area contributed by atoms with Crippen molar-refractivity contribution in [3.05, 3.63) is 156 Å². The highest BCUT2D eigenvalue weighted by Crippen LogP contribution is 2.47. The minimum atomic E-state index is -0.916. The molecule has 6 aromatic rings. The van der Waals surface area contributed by atoms with E-state index in [1.807, 2.05) is 147 Å². The van der Waals surface area contributed by atoms with Crippen molar-refractivity contribution in [2.45, 2.75) is 169 Å². The van der Waals surface area contributed by atoms with Crippen LogP contribution < -0.4 is 28.6 Å². The molecule has 9 atom stereocenters. The summed E-state index contributed by atoms with van der Waals surface area (Å²) in [6.45, 7) is 4.46. The normalized spacial score (nSPS) is 20.3. The molecule has 20 nitrogen and oxygen atoms in total. The summed E-state index contributed by atoms with van der Waals surface area (Å²) in [7, 11) is 14.2. The standard InChI is InChI=1S/C22H26N2O4S.C20H21NO4.C20H34O5.C17H23NO3.2ClH/c1-15(25)28-20-21(16-9-11-17(27-4)12-10-16)29-19-8-6-5-7-18(19)24(22(20)26)14-13-23(2)3;1-22-17-6-5-13(10-18(17)23-2)9-16-15-12-20(25-4)19(24-3)11-14(15)7-8-21-16;1-2-3-6-9-15(21)12-13-17-16(18(22)14-19(17)23)10-7-4-5-8-11-20(24)25;1-18-13-7-8-14(18)10-15(9-13)21-17(20)16(11-19)12-5-3-2-4-6-12;;/h5-12,20-21H,13-14H2,1-4H3;5-8,10-12H,9H2,1-4H3;12-13,15-17,19,21,23H,2-11,14H2,1H3,(H,24,25);2-6,13-16,19H,7-11H2,1H3;2*1H/b;;13-12+;;;/t20-,21+;;15-,16+,17+,19+;13?,14?,15?,16-;;/m1.01../s1. The Morgan fingerprint density at radius 2 is 1.40 bits per heavy atom. The Hall–Kier alpha value is -7.47. The average Bonchev–Trinajstić information content (AvgIpc) is 1.44. The van der Waals surface area contributed by atoms with Crippen LogP contribution >= 0.6 is 36.6 Å². The van der Waals surface area contributed by atoms with Gasteiger partial charge in [0.25, 0.3) is 5.91 Å². The SMILES string of the molecule is CCCCC[C@H](O)/C=C/[C@H]1[C@H](O)CC(=O)[C@@H]1CCCCCCC(=O)O.CN1C2CCC1CC(OC(=O)[C@H](CO)c1ccccc1)C2.COc1ccc(Cc2nccc3cc(OC)c(OC)cc23)cc1OC.COc1ccc([C@@H]2Sc3ccccc3N(CCN(C)C)C(=O)[C@@H]2OC(C)=O)cc1.Cl.Cl.